The van der Waals surface area contributed by atoms with E-state index in [1.165, 1.54) is 29.2 Å². The van der Waals surface area contributed by atoms with Gasteiger partial charge < -0.3 is 15.5 Å². The van der Waals surface area contributed by atoms with E-state index >= 15 is 0 Å². The SMILES string of the molecule is Cc1ccc(NC(=O)C[C@H]2C(=O)NCCN2C(=O)c2ccc(F)cc2)cc1. The third-order valence-electron chi connectivity index (χ3n) is 4.40. The van der Waals surface area contributed by atoms with Crippen LogP contribution in [-0.4, -0.2) is 41.8 Å². The van der Waals surface area contributed by atoms with Gasteiger partial charge in [-0.05, 0) is 43.3 Å². The second-order valence-electron chi connectivity index (χ2n) is 6.43. The normalized spacial score (nSPS) is 16.6. The number of anilines is 1. The lowest BCUT2D eigenvalue weighted by Crippen LogP contribution is -2.58. The molecule has 1 fully saturated rings. The molecule has 1 aliphatic rings. The van der Waals surface area contributed by atoms with Gasteiger partial charge in [0.05, 0.1) is 6.42 Å². The molecule has 0 radical (unpaired) electrons. The zero-order valence-electron chi connectivity index (χ0n) is 14.9. The molecule has 2 aromatic rings. The summed E-state index contributed by atoms with van der Waals surface area (Å²) in [5.74, 6) is -1.59. The van der Waals surface area contributed by atoms with Gasteiger partial charge in [-0.3, -0.25) is 14.4 Å². The molecule has 0 unspecified atom stereocenters. The summed E-state index contributed by atoms with van der Waals surface area (Å²) in [5, 5.41) is 5.42. The van der Waals surface area contributed by atoms with Gasteiger partial charge in [-0.1, -0.05) is 17.7 Å². The van der Waals surface area contributed by atoms with Crippen LogP contribution in [0.15, 0.2) is 48.5 Å². The van der Waals surface area contributed by atoms with Gasteiger partial charge in [-0.2, -0.15) is 0 Å². The van der Waals surface area contributed by atoms with Gasteiger partial charge in [0.2, 0.25) is 11.8 Å². The Morgan fingerprint density at radius 2 is 1.81 bits per heavy atom. The highest BCUT2D eigenvalue weighted by Crippen LogP contribution is 2.16. The number of benzene rings is 2. The molecule has 1 saturated heterocycles. The topological polar surface area (TPSA) is 78.5 Å². The van der Waals surface area contributed by atoms with Crippen LogP contribution in [0.3, 0.4) is 0 Å². The van der Waals surface area contributed by atoms with Crippen molar-refractivity contribution in [3.63, 3.8) is 0 Å². The first kappa shape index (κ1) is 18.6. The Morgan fingerprint density at radius 3 is 2.48 bits per heavy atom. The lowest BCUT2D eigenvalue weighted by Gasteiger charge is -2.34. The van der Waals surface area contributed by atoms with Crippen molar-refractivity contribution in [2.24, 2.45) is 0 Å². The fourth-order valence-corrected chi connectivity index (χ4v) is 2.94. The van der Waals surface area contributed by atoms with Gasteiger partial charge in [0.1, 0.15) is 11.9 Å². The lowest BCUT2D eigenvalue weighted by molar-refractivity contribution is -0.131. The van der Waals surface area contributed by atoms with Crippen LogP contribution in [0.25, 0.3) is 0 Å². The molecule has 0 aromatic heterocycles. The van der Waals surface area contributed by atoms with Crippen LogP contribution in [0.2, 0.25) is 0 Å². The van der Waals surface area contributed by atoms with Crippen LogP contribution in [-0.2, 0) is 9.59 Å². The fraction of sp³-hybridized carbons (Fsp3) is 0.250. The molecule has 140 valence electrons. The van der Waals surface area contributed by atoms with Crippen molar-refractivity contribution in [1.29, 1.82) is 0 Å². The largest absolute Gasteiger partial charge is 0.353 e. The zero-order chi connectivity index (χ0) is 19.4. The summed E-state index contributed by atoms with van der Waals surface area (Å²) in [6.45, 7) is 2.53. The Hall–Kier alpha value is -3.22. The highest BCUT2D eigenvalue weighted by atomic mass is 19.1. The van der Waals surface area contributed by atoms with Crippen molar-refractivity contribution in [2.75, 3.05) is 18.4 Å². The average Bonchev–Trinajstić information content (AvgIpc) is 2.65. The molecular weight excluding hydrogens is 349 g/mol. The second-order valence-corrected chi connectivity index (χ2v) is 6.43. The summed E-state index contributed by atoms with van der Waals surface area (Å²) in [7, 11) is 0. The number of nitrogens with zero attached hydrogens (tertiary/aromatic N) is 1. The van der Waals surface area contributed by atoms with Crippen molar-refractivity contribution in [3.8, 4) is 0 Å². The smallest absolute Gasteiger partial charge is 0.254 e. The molecule has 1 aliphatic heterocycles. The number of amides is 3. The highest BCUT2D eigenvalue weighted by molar-refractivity contribution is 6.01. The number of aryl methyl sites for hydroxylation is 1. The van der Waals surface area contributed by atoms with Crippen LogP contribution in [0.1, 0.15) is 22.3 Å². The summed E-state index contributed by atoms with van der Waals surface area (Å²) in [4.78, 5) is 38.8. The molecule has 3 amide bonds. The third-order valence-corrected chi connectivity index (χ3v) is 4.40. The Kier molecular flexibility index (Phi) is 5.49. The molecule has 6 nitrogen and oxygen atoms in total. The first-order chi connectivity index (χ1) is 12.9. The van der Waals surface area contributed by atoms with E-state index in [-0.39, 0.29) is 30.3 Å². The van der Waals surface area contributed by atoms with E-state index in [0.717, 1.165) is 5.56 Å². The van der Waals surface area contributed by atoms with Crippen molar-refractivity contribution >= 4 is 23.4 Å². The van der Waals surface area contributed by atoms with E-state index in [0.29, 0.717) is 12.2 Å². The molecule has 0 bridgehead atoms. The van der Waals surface area contributed by atoms with Crippen molar-refractivity contribution in [3.05, 3.63) is 65.5 Å². The zero-order valence-corrected chi connectivity index (χ0v) is 14.9. The van der Waals surface area contributed by atoms with Crippen LogP contribution in [0.5, 0.6) is 0 Å². The number of carbonyl (C=O) groups excluding carboxylic acids is 3. The Morgan fingerprint density at radius 1 is 1.15 bits per heavy atom. The predicted octanol–water partition coefficient (Wildman–Crippen LogP) is 2.10. The van der Waals surface area contributed by atoms with E-state index in [1.54, 1.807) is 12.1 Å². The van der Waals surface area contributed by atoms with Gasteiger partial charge in [0.25, 0.3) is 5.91 Å². The van der Waals surface area contributed by atoms with E-state index in [1.807, 2.05) is 19.1 Å². The minimum atomic E-state index is -0.915. The average molecular weight is 369 g/mol. The molecule has 0 aliphatic carbocycles. The first-order valence-corrected chi connectivity index (χ1v) is 8.65. The monoisotopic (exact) mass is 369 g/mol. The predicted molar refractivity (Wildman–Crippen MR) is 98.7 cm³/mol. The number of carbonyl (C=O) groups is 3. The third kappa shape index (κ3) is 4.49. The maximum atomic E-state index is 13.1. The van der Waals surface area contributed by atoms with Gasteiger partial charge in [0.15, 0.2) is 0 Å². The molecule has 2 N–H and O–H groups in total. The minimum Gasteiger partial charge on any atom is -0.353 e. The molecule has 27 heavy (non-hydrogen) atoms. The van der Waals surface area contributed by atoms with Crippen LogP contribution in [0, 0.1) is 12.7 Å². The molecule has 3 rings (SSSR count). The highest BCUT2D eigenvalue weighted by Gasteiger charge is 2.35. The molecule has 1 heterocycles. The standard InChI is InChI=1S/C20H20FN3O3/c1-13-2-8-16(9-3-13)23-18(25)12-17-19(26)22-10-11-24(17)20(27)14-4-6-15(21)7-5-14/h2-9,17H,10-12H2,1H3,(H,22,26)(H,23,25)/t17-/m0/s1. The Bertz CT molecular complexity index is 850. The molecule has 2 aromatic carbocycles. The maximum Gasteiger partial charge on any atom is 0.254 e. The van der Waals surface area contributed by atoms with E-state index < -0.39 is 17.8 Å². The minimum absolute atomic E-state index is 0.160. The van der Waals surface area contributed by atoms with Crippen molar-refractivity contribution in [2.45, 2.75) is 19.4 Å². The lowest BCUT2D eigenvalue weighted by atomic mass is 10.1. The van der Waals surface area contributed by atoms with E-state index in [9.17, 15) is 18.8 Å². The van der Waals surface area contributed by atoms with Gasteiger partial charge in [0, 0.05) is 24.3 Å². The number of piperazine rings is 1. The number of halogens is 1. The number of hydrogen-bond acceptors (Lipinski definition) is 3. The summed E-state index contributed by atoms with van der Waals surface area (Å²) in [5.41, 5.74) is 1.96. The quantitative estimate of drug-likeness (QED) is 0.866. The van der Waals surface area contributed by atoms with Crippen molar-refractivity contribution < 1.29 is 18.8 Å². The van der Waals surface area contributed by atoms with Crippen LogP contribution in [0.4, 0.5) is 10.1 Å². The van der Waals surface area contributed by atoms with E-state index in [2.05, 4.69) is 10.6 Å². The van der Waals surface area contributed by atoms with E-state index in [4.69, 9.17) is 0 Å². The molecule has 7 heteroatoms. The molecule has 0 spiro atoms. The van der Waals surface area contributed by atoms with Crippen molar-refractivity contribution in [1.82, 2.24) is 10.2 Å². The summed E-state index contributed by atoms with van der Waals surface area (Å²) in [6, 6.07) is 11.5. The second kappa shape index (κ2) is 7.99. The summed E-state index contributed by atoms with van der Waals surface area (Å²) < 4.78 is 13.1. The molecule has 1 atom stereocenters. The first-order valence-electron chi connectivity index (χ1n) is 8.65. The van der Waals surface area contributed by atoms with Gasteiger partial charge >= 0.3 is 0 Å². The van der Waals surface area contributed by atoms with Crippen LogP contribution < -0.4 is 10.6 Å². The summed E-state index contributed by atoms with van der Waals surface area (Å²) >= 11 is 0. The number of nitrogens with one attached hydrogen (secondary N) is 2. The molecule has 0 saturated carbocycles. The maximum absolute atomic E-state index is 13.1. The van der Waals surface area contributed by atoms with Gasteiger partial charge in [-0.25, -0.2) is 4.39 Å². The Labute approximate surface area is 156 Å². The number of rotatable bonds is 4. The fourth-order valence-electron chi connectivity index (χ4n) is 2.94. The molecular formula is C20H20FN3O3. The summed E-state index contributed by atoms with van der Waals surface area (Å²) in [6.07, 6.45) is -0.160. The van der Waals surface area contributed by atoms with Crippen LogP contribution >= 0.6 is 0 Å². The van der Waals surface area contributed by atoms with Gasteiger partial charge in [-0.15, -0.1) is 0 Å². The Balaban J connectivity index is 1.72. The number of hydrogen-bond donors (Lipinski definition) is 2.